The first-order valence-electron chi connectivity index (χ1n) is 10.00. The van der Waals surface area contributed by atoms with E-state index in [0.29, 0.717) is 19.1 Å². The summed E-state index contributed by atoms with van der Waals surface area (Å²) in [4.78, 5) is 4.82. The molecule has 0 amide bonds. The molecule has 4 heteroatoms. The lowest BCUT2D eigenvalue weighted by Crippen LogP contribution is -2.48. The van der Waals surface area contributed by atoms with Gasteiger partial charge in [0, 0.05) is 39.3 Å². The minimum absolute atomic E-state index is 0.341. The molecule has 1 atom stereocenters. The molecule has 0 aromatic heterocycles. The zero-order chi connectivity index (χ0) is 19.1. The van der Waals surface area contributed by atoms with Crippen LogP contribution in [-0.4, -0.2) is 60.3 Å². The van der Waals surface area contributed by atoms with E-state index < -0.39 is 6.10 Å². The van der Waals surface area contributed by atoms with E-state index in [1.54, 1.807) is 0 Å². The number of β-amino-alcohol motifs (C(OH)–C–C–N with tert-alkyl or cyclic N) is 1. The summed E-state index contributed by atoms with van der Waals surface area (Å²) in [5.74, 6) is 1.30. The summed E-state index contributed by atoms with van der Waals surface area (Å²) in [5.41, 5.74) is 2.56. The molecule has 27 heavy (non-hydrogen) atoms. The van der Waals surface area contributed by atoms with Gasteiger partial charge in [-0.2, -0.15) is 0 Å². The first-order valence-corrected chi connectivity index (χ1v) is 10.00. The van der Waals surface area contributed by atoms with Crippen LogP contribution >= 0.6 is 0 Å². The molecule has 2 aromatic rings. The molecule has 1 aliphatic rings. The van der Waals surface area contributed by atoms with E-state index >= 15 is 0 Å². The van der Waals surface area contributed by atoms with Crippen molar-refractivity contribution in [1.82, 2.24) is 9.80 Å². The Morgan fingerprint density at radius 2 is 1.52 bits per heavy atom. The fourth-order valence-corrected chi connectivity index (χ4v) is 3.60. The van der Waals surface area contributed by atoms with Crippen LogP contribution in [0.4, 0.5) is 0 Å². The first kappa shape index (κ1) is 19.9. The highest BCUT2D eigenvalue weighted by Crippen LogP contribution is 2.25. The molecule has 3 rings (SSSR count). The number of aliphatic hydroxyl groups is 1. The quantitative estimate of drug-likeness (QED) is 0.775. The standard InChI is InChI=1S/C23H32N2O2/c1-19(2)22-10-6-7-11-23(22)27-18-21(26)17-25-14-12-24(13-15-25)16-20-8-4-3-5-9-20/h3-11,19,21,26H,12-18H2,1-2H3/t21-/m1/s1. The maximum Gasteiger partial charge on any atom is 0.122 e. The van der Waals surface area contributed by atoms with Gasteiger partial charge in [0.1, 0.15) is 18.5 Å². The molecular weight excluding hydrogens is 336 g/mol. The molecule has 2 aromatic carbocycles. The highest BCUT2D eigenvalue weighted by molar-refractivity contribution is 5.35. The number of ether oxygens (including phenoxy) is 1. The average Bonchev–Trinajstić information content (AvgIpc) is 2.69. The van der Waals surface area contributed by atoms with Crippen molar-refractivity contribution in [2.45, 2.75) is 32.4 Å². The molecule has 0 unspecified atom stereocenters. The summed E-state index contributed by atoms with van der Waals surface area (Å²) in [5, 5.41) is 10.4. The van der Waals surface area contributed by atoms with Crippen LogP contribution in [-0.2, 0) is 6.54 Å². The molecule has 146 valence electrons. The van der Waals surface area contributed by atoms with Crippen molar-refractivity contribution in [2.75, 3.05) is 39.3 Å². The molecule has 0 aliphatic carbocycles. The van der Waals surface area contributed by atoms with Crippen molar-refractivity contribution in [3.05, 3.63) is 65.7 Å². The number of nitrogens with zero attached hydrogens (tertiary/aromatic N) is 2. The summed E-state index contributed by atoms with van der Waals surface area (Å²) in [6.45, 7) is 10.4. The van der Waals surface area contributed by atoms with Gasteiger partial charge in [-0.1, -0.05) is 62.4 Å². The Hall–Kier alpha value is -1.88. The number of aliphatic hydroxyl groups excluding tert-OH is 1. The fourth-order valence-electron chi connectivity index (χ4n) is 3.60. The third kappa shape index (κ3) is 6.06. The predicted octanol–water partition coefficient (Wildman–Crippen LogP) is 3.37. The van der Waals surface area contributed by atoms with Crippen LogP contribution in [0.2, 0.25) is 0 Å². The van der Waals surface area contributed by atoms with Crippen molar-refractivity contribution in [3.8, 4) is 5.75 Å². The second-order valence-electron chi connectivity index (χ2n) is 7.72. The summed E-state index contributed by atoms with van der Waals surface area (Å²) in [6, 6.07) is 18.7. The Bertz CT molecular complexity index is 682. The van der Waals surface area contributed by atoms with Gasteiger partial charge in [0.05, 0.1) is 0 Å². The topological polar surface area (TPSA) is 35.9 Å². The van der Waals surface area contributed by atoms with Crippen molar-refractivity contribution in [1.29, 1.82) is 0 Å². The molecule has 0 spiro atoms. The van der Waals surface area contributed by atoms with E-state index in [2.05, 4.69) is 60.0 Å². The molecule has 1 heterocycles. The minimum Gasteiger partial charge on any atom is -0.491 e. The Balaban J connectivity index is 1.40. The highest BCUT2D eigenvalue weighted by Gasteiger charge is 2.20. The van der Waals surface area contributed by atoms with E-state index in [-0.39, 0.29) is 0 Å². The summed E-state index contributed by atoms with van der Waals surface area (Å²) in [7, 11) is 0. The van der Waals surface area contributed by atoms with Gasteiger partial charge in [0.2, 0.25) is 0 Å². The maximum atomic E-state index is 10.4. The SMILES string of the molecule is CC(C)c1ccccc1OC[C@H](O)CN1CCN(Cc2ccccc2)CC1. The monoisotopic (exact) mass is 368 g/mol. The molecule has 0 saturated carbocycles. The van der Waals surface area contributed by atoms with Crippen LogP contribution < -0.4 is 4.74 Å². The fraction of sp³-hybridized carbons (Fsp3) is 0.478. The number of hydrogen-bond acceptors (Lipinski definition) is 4. The second kappa shape index (κ2) is 9.88. The summed E-state index contributed by atoms with van der Waals surface area (Å²) in [6.07, 6.45) is -0.467. The normalized spacial score (nSPS) is 17.2. The number of benzene rings is 2. The van der Waals surface area contributed by atoms with E-state index in [4.69, 9.17) is 4.74 Å². The number of hydrogen-bond donors (Lipinski definition) is 1. The highest BCUT2D eigenvalue weighted by atomic mass is 16.5. The van der Waals surface area contributed by atoms with Crippen molar-refractivity contribution in [3.63, 3.8) is 0 Å². The first-order chi connectivity index (χ1) is 13.1. The van der Waals surface area contributed by atoms with Crippen molar-refractivity contribution >= 4 is 0 Å². The Morgan fingerprint density at radius 3 is 2.22 bits per heavy atom. The van der Waals surface area contributed by atoms with Gasteiger partial charge >= 0.3 is 0 Å². The van der Waals surface area contributed by atoms with E-state index in [9.17, 15) is 5.11 Å². The third-order valence-electron chi connectivity index (χ3n) is 5.16. The van der Waals surface area contributed by atoms with Crippen LogP contribution in [0.1, 0.15) is 30.9 Å². The molecule has 4 nitrogen and oxygen atoms in total. The van der Waals surface area contributed by atoms with Gasteiger partial charge in [0.15, 0.2) is 0 Å². The van der Waals surface area contributed by atoms with Gasteiger partial charge in [0.25, 0.3) is 0 Å². The zero-order valence-electron chi connectivity index (χ0n) is 16.6. The van der Waals surface area contributed by atoms with E-state index in [1.807, 2.05) is 18.2 Å². The van der Waals surface area contributed by atoms with Gasteiger partial charge in [-0.3, -0.25) is 9.80 Å². The molecule has 1 N–H and O–H groups in total. The van der Waals surface area contributed by atoms with Crippen LogP contribution in [0, 0.1) is 0 Å². The maximum absolute atomic E-state index is 10.4. The van der Waals surface area contributed by atoms with E-state index in [1.165, 1.54) is 11.1 Å². The van der Waals surface area contributed by atoms with Crippen molar-refractivity contribution < 1.29 is 9.84 Å². The Labute approximate surface area is 163 Å². The second-order valence-corrected chi connectivity index (χ2v) is 7.72. The number of rotatable bonds is 8. The van der Waals surface area contributed by atoms with Crippen LogP contribution in [0.15, 0.2) is 54.6 Å². The zero-order valence-corrected chi connectivity index (χ0v) is 16.6. The van der Waals surface area contributed by atoms with Gasteiger partial charge < -0.3 is 9.84 Å². The van der Waals surface area contributed by atoms with Crippen molar-refractivity contribution in [2.24, 2.45) is 0 Å². The predicted molar refractivity (Wildman–Crippen MR) is 110 cm³/mol. The van der Waals surface area contributed by atoms with Gasteiger partial charge in [-0.05, 0) is 23.1 Å². The lowest BCUT2D eigenvalue weighted by molar-refractivity contribution is 0.0443. The van der Waals surface area contributed by atoms with Crippen LogP contribution in [0.3, 0.4) is 0 Å². The minimum atomic E-state index is -0.467. The molecule has 1 aliphatic heterocycles. The Morgan fingerprint density at radius 1 is 0.889 bits per heavy atom. The lowest BCUT2D eigenvalue weighted by Gasteiger charge is -2.35. The van der Waals surface area contributed by atoms with Gasteiger partial charge in [-0.25, -0.2) is 0 Å². The van der Waals surface area contributed by atoms with E-state index in [0.717, 1.165) is 38.5 Å². The number of para-hydroxylation sites is 1. The Kier molecular flexibility index (Phi) is 7.27. The summed E-state index contributed by atoms with van der Waals surface area (Å²) >= 11 is 0. The van der Waals surface area contributed by atoms with Crippen LogP contribution in [0.5, 0.6) is 5.75 Å². The molecule has 1 fully saturated rings. The molecule has 0 radical (unpaired) electrons. The van der Waals surface area contributed by atoms with Gasteiger partial charge in [-0.15, -0.1) is 0 Å². The third-order valence-corrected chi connectivity index (χ3v) is 5.16. The smallest absolute Gasteiger partial charge is 0.122 e. The number of piperazine rings is 1. The molecular formula is C23H32N2O2. The van der Waals surface area contributed by atoms with Crippen LogP contribution in [0.25, 0.3) is 0 Å². The largest absolute Gasteiger partial charge is 0.491 e. The average molecular weight is 369 g/mol. The molecule has 0 bridgehead atoms. The summed E-state index contributed by atoms with van der Waals surface area (Å²) < 4.78 is 5.91. The molecule has 1 saturated heterocycles. The lowest BCUT2D eigenvalue weighted by atomic mass is 10.0.